The molecule has 1 heterocycles. The molecule has 1 N–H and O–H groups in total. The fourth-order valence-electron chi connectivity index (χ4n) is 2.88. The summed E-state index contributed by atoms with van der Waals surface area (Å²) in [6.45, 7) is 2.15. The summed E-state index contributed by atoms with van der Waals surface area (Å²) in [6.07, 6.45) is 3.79. The molecular weight excluding hydrogens is 296 g/mol. The van der Waals surface area contributed by atoms with E-state index in [1.807, 2.05) is 0 Å². The number of carbonyl (C=O) groups excluding carboxylic acids is 1. The molecule has 0 amide bonds. The Morgan fingerprint density at radius 3 is 2.57 bits per heavy atom. The summed E-state index contributed by atoms with van der Waals surface area (Å²) in [7, 11) is -3.73. The summed E-state index contributed by atoms with van der Waals surface area (Å²) in [5, 5.41) is 9.15. The van der Waals surface area contributed by atoms with Crippen LogP contribution in [0.1, 0.15) is 39.0 Å². The van der Waals surface area contributed by atoms with E-state index in [0.717, 1.165) is 19.3 Å². The lowest BCUT2D eigenvalue weighted by Gasteiger charge is -2.39. The summed E-state index contributed by atoms with van der Waals surface area (Å²) in [4.78, 5) is 11.9. The normalized spacial score (nSPS) is 24.2. The van der Waals surface area contributed by atoms with E-state index in [1.54, 1.807) is 6.92 Å². The van der Waals surface area contributed by atoms with Crippen molar-refractivity contribution in [2.45, 2.75) is 51.1 Å². The lowest BCUT2D eigenvalue weighted by molar-refractivity contribution is -0.147. The molecule has 2 fully saturated rings. The number of rotatable bonds is 7. The number of aliphatic hydroxyl groups is 1. The van der Waals surface area contributed by atoms with E-state index < -0.39 is 22.2 Å². The molecule has 0 aromatic rings. The van der Waals surface area contributed by atoms with E-state index in [-0.39, 0.29) is 25.8 Å². The molecule has 1 saturated heterocycles. The van der Waals surface area contributed by atoms with Gasteiger partial charge >= 0.3 is 5.97 Å². The van der Waals surface area contributed by atoms with Crippen molar-refractivity contribution in [1.82, 2.24) is 8.61 Å². The molecule has 7 nitrogen and oxygen atoms in total. The zero-order valence-electron chi connectivity index (χ0n) is 12.4. The monoisotopic (exact) mass is 320 g/mol. The summed E-state index contributed by atoms with van der Waals surface area (Å²) in [5.74, 6) is -0.476. The summed E-state index contributed by atoms with van der Waals surface area (Å²) < 4.78 is 33.2. The summed E-state index contributed by atoms with van der Waals surface area (Å²) in [5.41, 5.74) is 0. The molecule has 1 unspecified atom stereocenters. The number of hydrogen-bond acceptors (Lipinski definition) is 5. The average Bonchev–Trinajstić information content (AvgIpc) is 2.86. The zero-order chi connectivity index (χ0) is 15.5. The van der Waals surface area contributed by atoms with Crippen LogP contribution in [-0.4, -0.2) is 66.5 Å². The third-order valence-electron chi connectivity index (χ3n) is 4.16. The Labute approximate surface area is 126 Å². The third-order valence-corrected chi connectivity index (χ3v) is 6.26. The number of esters is 1. The van der Waals surface area contributed by atoms with Crippen LogP contribution in [0.15, 0.2) is 0 Å². The van der Waals surface area contributed by atoms with Crippen LogP contribution in [0, 0.1) is 0 Å². The third kappa shape index (κ3) is 3.39. The highest BCUT2D eigenvalue weighted by molar-refractivity contribution is 7.86. The molecule has 0 spiro atoms. The number of ether oxygens (including phenoxy) is 1. The fraction of sp³-hybridized carbons (Fsp3) is 0.923. The van der Waals surface area contributed by atoms with Crippen molar-refractivity contribution < 1.29 is 23.1 Å². The lowest BCUT2D eigenvalue weighted by Crippen LogP contribution is -2.54. The number of nitrogens with zero attached hydrogens (tertiary/aromatic N) is 2. The highest BCUT2D eigenvalue weighted by Crippen LogP contribution is 2.31. The first-order valence-corrected chi connectivity index (χ1v) is 8.98. The molecule has 2 aliphatic rings. The van der Waals surface area contributed by atoms with Gasteiger partial charge in [0, 0.05) is 19.1 Å². The molecule has 122 valence electrons. The molecule has 21 heavy (non-hydrogen) atoms. The van der Waals surface area contributed by atoms with Gasteiger partial charge in [0.25, 0.3) is 10.2 Å². The van der Waals surface area contributed by atoms with E-state index >= 15 is 0 Å². The van der Waals surface area contributed by atoms with Gasteiger partial charge in [-0.15, -0.1) is 0 Å². The molecular formula is C13H24N2O5S. The molecule has 0 aromatic heterocycles. The van der Waals surface area contributed by atoms with E-state index in [1.165, 1.54) is 8.61 Å². The second kappa shape index (κ2) is 7.04. The van der Waals surface area contributed by atoms with Crippen molar-refractivity contribution in [2.75, 3.05) is 26.3 Å². The lowest BCUT2D eigenvalue weighted by atomic mass is 9.93. The largest absolute Gasteiger partial charge is 0.465 e. The minimum atomic E-state index is -3.73. The van der Waals surface area contributed by atoms with Gasteiger partial charge < -0.3 is 9.84 Å². The molecule has 8 heteroatoms. The molecule has 0 radical (unpaired) electrons. The van der Waals surface area contributed by atoms with Crippen LogP contribution in [0.2, 0.25) is 0 Å². The van der Waals surface area contributed by atoms with Crippen LogP contribution in [0.4, 0.5) is 0 Å². The van der Waals surface area contributed by atoms with Crippen molar-refractivity contribution in [3.63, 3.8) is 0 Å². The van der Waals surface area contributed by atoms with Crippen molar-refractivity contribution in [3.05, 3.63) is 0 Å². The smallest absolute Gasteiger partial charge is 0.324 e. The van der Waals surface area contributed by atoms with Crippen molar-refractivity contribution in [3.8, 4) is 0 Å². The van der Waals surface area contributed by atoms with Gasteiger partial charge in [-0.1, -0.05) is 6.42 Å². The first-order chi connectivity index (χ1) is 10.0. The van der Waals surface area contributed by atoms with Gasteiger partial charge in [-0.25, -0.2) is 0 Å². The van der Waals surface area contributed by atoms with Gasteiger partial charge in [0.05, 0.1) is 13.2 Å². The Morgan fingerprint density at radius 2 is 2.05 bits per heavy atom. The summed E-state index contributed by atoms with van der Waals surface area (Å²) in [6, 6.07) is -0.776. The Morgan fingerprint density at radius 1 is 1.33 bits per heavy atom. The molecule has 2 rings (SSSR count). The second-order valence-corrected chi connectivity index (χ2v) is 7.28. The van der Waals surface area contributed by atoms with Gasteiger partial charge in [0.2, 0.25) is 0 Å². The maximum atomic E-state index is 12.8. The van der Waals surface area contributed by atoms with Gasteiger partial charge in [0.1, 0.15) is 6.04 Å². The minimum absolute atomic E-state index is 0.0504. The SMILES string of the molecule is CCOC(=O)C1CCCN1S(=O)(=O)N(CCO)C1CCC1. The maximum Gasteiger partial charge on any atom is 0.324 e. The molecule has 0 bridgehead atoms. The maximum absolute atomic E-state index is 12.8. The highest BCUT2D eigenvalue weighted by Gasteiger charge is 2.45. The predicted molar refractivity (Wildman–Crippen MR) is 76.7 cm³/mol. The summed E-state index contributed by atoms with van der Waals surface area (Å²) >= 11 is 0. The first-order valence-electron chi connectivity index (χ1n) is 7.58. The quantitative estimate of drug-likeness (QED) is 0.673. The number of hydrogen-bond donors (Lipinski definition) is 1. The molecule has 1 aliphatic heterocycles. The Kier molecular flexibility index (Phi) is 5.59. The molecule has 0 aromatic carbocycles. The highest BCUT2D eigenvalue weighted by atomic mass is 32.2. The van der Waals surface area contributed by atoms with Crippen molar-refractivity contribution >= 4 is 16.2 Å². The van der Waals surface area contributed by atoms with Crippen molar-refractivity contribution in [1.29, 1.82) is 0 Å². The fourth-order valence-corrected chi connectivity index (χ4v) is 4.93. The van der Waals surface area contributed by atoms with Gasteiger partial charge in [-0.3, -0.25) is 4.79 Å². The van der Waals surface area contributed by atoms with Crippen LogP contribution in [-0.2, 0) is 19.7 Å². The van der Waals surface area contributed by atoms with Gasteiger partial charge in [-0.05, 0) is 32.6 Å². The van der Waals surface area contributed by atoms with E-state index in [4.69, 9.17) is 9.84 Å². The first kappa shape index (κ1) is 16.7. The van der Waals surface area contributed by atoms with Crippen LogP contribution in [0.25, 0.3) is 0 Å². The van der Waals surface area contributed by atoms with Crippen molar-refractivity contribution in [2.24, 2.45) is 0 Å². The Balaban J connectivity index is 2.17. The van der Waals surface area contributed by atoms with Crippen LogP contribution < -0.4 is 0 Å². The Bertz CT molecular complexity index is 463. The van der Waals surface area contributed by atoms with E-state index in [9.17, 15) is 13.2 Å². The van der Waals surface area contributed by atoms with Crippen LogP contribution >= 0.6 is 0 Å². The van der Waals surface area contributed by atoms with Crippen LogP contribution in [0.3, 0.4) is 0 Å². The molecule has 1 atom stereocenters. The van der Waals surface area contributed by atoms with Gasteiger partial charge in [0.15, 0.2) is 0 Å². The minimum Gasteiger partial charge on any atom is -0.465 e. The molecule has 1 saturated carbocycles. The van der Waals surface area contributed by atoms with E-state index in [0.29, 0.717) is 19.4 Å². The second-order valence-electron chi connectivity index (χ2n) is 5.45. The number of carbonyl (C=O) groups is 1. The number of aliphatic hydroxyl groups excluding tert-OH is 1. The van der Waals surface area contributed by atoms with Gasteiger partial charge in [-0.2, -0.15) is 17.0 Å². The van der Waals surface area contributed by atoms with E-state index in [2.05, 4.69) is 0 Å². The zero-order valence-corrected chi connectivity index (χ0v) is 13.2. The molecule has 1 aliphatic carbocycles. The Hall–Kier alpha value is -0.700. The van der Waals surface area contributed by atoms with Crippen LogP contribution in [0.5, 0.6) is 0 Å². The average molecular weight is 320 g/mol. The predicted octanol–water partition coefficient (Wildman–Crippen LogP) is 0.106. The topological polar surface area (TPSA) is 87.2 Å². The standard InChI is InChI=1S/C13H24N2O5S/c1-2-20-13(17)12-7-4-8-15(12)21(18,19)14(9-10-16)11-5-3-6-11/h11-12,16H,2-10H2,1H3.